The fourth-order valence-electron chi connectivity index (χ4n) is 2.69. The first-order valence-electron chi connectivity index (χ1n) is 7.08. The Balaban J connectivity index is 2.55. The minimum atomic E-state index is -0.191. The van der Waals surface area contributed by atoms with Gasteiger partial charge in [-0.2, -0.15) is 5.26 Å². The van der Waals surface area contributed by atoms with Gasteiger partial charge in [-0.05, 0) is 33.6 Å². The molecule has 3 unspecified atom stereocenters. The quantitative estimate of drug-likeness (QED) is 0.812. The van der Waals surface area contributed by atoms with Crippen molar-refractivity contribution in [2.75, 3.05) is 13.1 Å². The van der Waals surface area contributed by atoms with Gasteiger partial charge in [0.15, 0.2) is 0 Å². The number of nitrogens with one attached hydrogen (secondary N) is 1. The van der Waals surface area contributed by atoms with Crippen molar-refractivity contribution in [3.05, 3.63) is 0 Å². The van der Waals surface area contributed by atoms with E-state index in [0.717, 1.165) is 38.8 Å². The van der Waals surface area contributed by atoms with E-state index in [9.17, 15) is 4.79 Å². The molecule has 1 aliphatic carbocycles. The Hall–Kier alpha value is -1.08. The molecule has 1 N–H and O–H groups in total. The average molecular weight is 251 g/mol. The van der Waals surface area contributed by atoms with Gasteiger partial charge in [0.2, 0.25) is 5.91 Å². The van der Waals surface area contributed by atoms with Crippen LogP contribution in [-0.2, 0) is 4.79 Å². The van der Waals surface area contributed by atoms with Gasteiger partial charge in [0.1, 0.15) is 0 Å². The van der Waals surface area contributed by atoms with Gasteiger partial charge in [0.05, 0.1) is 18.0 Å². The van der Waals surface area contributed by atoms with Gasteiger partial charge < -0.3 is 10.2 Å². The molecule has 0 saturated heterocycles. The van der Waals surface area contributed by atoms with Gasteiger partial charge in [-0.25, -0.2) is 0 Å². The minimum Gasteiger partial charge on any atom is -0.342 e. The van der Waals surface area contributed by atoms with Gasteiger partial charge in [-0.1, -0.05) is 12.8 Å². The van der Waals surface area contributed by atoms with Crippen molar-refractivity contribution in [2.45, 2.75) is 58.5 Å². The number of hydrogen-bond donors (Lipinski definition) is 1. The highest BCUT2D eigenvalue weighted by Crippen LogP contribution is 2.24. The molecule has 1 rings (SSSR count). The van der Waals surface area contributed by atoms with Crippen molar-refractivity contribution in [2.24, 2.45) is 5.92 Å². The normalized spacial score (nSPS) is 25.2. The van der Waals surface area contributed by atoms with Crippen LogP contribution in [0.25, 0.3) is 0 Å². The first kappa shape index (κ1) is 15.0. The van der Waals surface area contributed by atoms with E-state index in [0.29, 0.717) is 0 Å². The zero-order valence-electron chi connectivity index (χ0n) is 11.8. The number of carbonyl (C=O) groups excluding carboxylic acids is 1. The molecule has 102 valence electrons. The van der Waals surface area contributed by atoms with Gasteiger partial charge in [-0.3, -0.25) is 4.79 Å². The summed E-state index contributed by atoms with van der Waals surface area (Å²) >= 11 is 0. The smallest absolute Gasteiger partial charge is 0.239 e. The fraction of sp³-hybridized carbons (Fsp3) is 0.857. The molecule has 0 aliphatic heterocycles. The van der Waals surface area contributed by atoms with E-state index >= 15 is 0 Å². The predicted octanol–water partition coefficient (Wildman–Crippen LogP) is 1.92. The summed E-state index contributed by atoms with van der Waals surface area (Å²) in [4.78, 5) is 14.0. The molecule has 0 aromatic rings. The Labute approximate surface area is 110 Å². The van der Waals surface area contributed by atoms with Crippen LogP contribution in [0.2, 0.25) is 0 Å². The number of likely N-dealkylation sites (N-methyl/N-ethyl adjacent to an activating group) is 1. The maximum Gasteiger partial charge on any atom is 0.239 e. The third-order valence-corrected chi connectivity index (χ3v) is 3.84. The Morgan fingerprint density at radius 3 is 2.56 bits per heavy atom. The maximum atomic E-state index is 12.2. The molecule has 0 aromatic heterocycles. The first-order chi connectivity index (χ1) is 8.63. The van der Waals surface area contributed by atoms with E-state index in [1.165, 1.54) is 0 Å². The average Bonchev–Trinajstić information content (AvgIpc) is 2.40. The lowest BCUT2D eigenvalue weighted by molar-refractivity contribution is -0.133. The lowest BCUT2D eigenvalue weighted by Gasteiger charge is -2.32. The summed E-state index contributed by atoms with van der Waals surface area (Å²) < 4.78 is 0. The molecule has 0 radical (unpaired) electrons. The van der Waals surface area contributed by atoms with Crippen molar-refractivity contribution in [3.63, 3.8) is 0 Å². The molecule has 0 heterocycles. The van der Waals surface area contributed by atoms with E-state index in [1.807, 2.05) is 25.7 Å². The molecule has 18 heavy (non-hydrogen) atoms. The lowest BCUT2D eigenvalue weighted by atomic mass is 9.85. The van der Waals surface area contributed by atoms with Crippen molar-refractivity contribution in [3.8, 4) is 6.07 Å². The fourth-order valence-corrected chi connectivity index (χ4v) is 2.69. The van der Waals surface area contributed by atoms with Gasteiger partial charge in [0.25, 0.3) is 0 Å². The predicted molar refractivity (Wildman–Crippen MR) is 71.9 cm³/mol. The van der Waals surface area contributed by atoms with Crippen LogP contribution in [0.5, 0.6) is 0 Å². The summed E-state index contributed by atoms with van der Waals surface area (Å²) in [5, 5.41) is 12.5. The van der Waals surface area contributed by atoms with Crippen molar-refractivity contribution in [1.82, 2.24) is 10.2 Å². The van der Waals surface area contributed by atoms with Crippen LogP contribution in [0.15, 0.2) is 0 Å². The SMILES string of the molecule is CCN(CC)C(=O)C(C)NC1CCCCC1C#N. The minimum absolute atomic E-state index is 0.0608. The standard InChI is InChI=1S/C14H25N3O/c1-4-17(5-2)14(18)11(3)16-13-9-7-6-8-12(13)10-15/h11-13,16H,4-9H2,1-3H3. The Morgan fingerprint density at radius 2 is 2.00 bits per heavy atom. The third-order valence-electron chi connectivity index (χ3n) is 3.84. The van der Waals surface area contributed by atoms with Gasteiger partial charge in [0, 0.05) is 19.1 Å². The van der Waals surface area contributed by atoms with E-state index in [-0.39, 0.29) is 23.9 Å². The van der Waals surface area contributed by atoms with Gasteiger partial charge >= 0.3 is 0 Å². The van der Waals surface area contributed by atoms with Crippen LogP contribution in [0.1, 0.15) is 46.5 Å². The Kier molecular flexibility index (Phi) is 6.14. The Morgan fingerprint density at radius 1 is 1.39 bits per heavy atom. The van der Waals surface area contributed by atoms with Crippen LogP contribution >= 0.6 is 0 Å². The molecule has 1 aliphatic rings. The first-order valence-corrected chi connectivity index (χ1v) is 7.08. The topological polar surface area (TPSA) is 56.1 Å². The van der Waals surface area contributed by atoms with Gasteiger partial charge in [-0.15, -0.1) is 0 Å². The van der Waals surface area contributed by atoms with Crippen molar-refractivity contribution in [1.29, 1.82) is 5.26 Å². The summed E-state index contributed by atoms with van der Waals surface area (Å²) in [6.07, 6.45) is 4.26. The molecule has 1 amide bonds. The third kappa shape index (κ3) is 3.71. The molecule has 0 bridgehead atoms. The largest absolute Gasteiger partial charge is 0.342 e. The highest BCUT2D eigenvalue weighted by molar-refractivity contribution is 5.81. The highest BCUT2D eigenvalue weighted by atomic mass is 16.2. The number of nitriles is 1. The molecule has 4 nitrogen and oxygen atoms in total. The van der Waals surface area contributed by atoms with Crippen LogP contribution in [0.4, 0.5) is 0 Å². The highest BCUT2D eigenvalue weighted by Gasteiger charge is 2.28. The van der Waals surface area contributed by atoms with Crippen molar-refractivity contribution < 1.29 is 4.79 Å². The molecule has 3 atom stereocenters. The summed E-state index contributed by atoms with van der Waals surface area (Å²) in [7, 11) is 0. The van der Waals surface area contributed by atoms with E-state index < -0.39 is 0 Å². The zero-order chi connectivity index (χ0) is 13.5. The summed E-state index contributed by atoms with van der Waals surface area (Å²) in [5.74, 6) is 0.202. The van der Waals surface area contributed by atoms with Crippen LogP contribution in [0.3, 0.4) is 0 Å². The second-order valence-corrected chi connectivity index (χ2v) is 5.03. The maximum absolute atomic E-state index is 12.2. The van der Waals surface area contributed by atoms with Crippen molar-refractivity contribution >= 4 is 5.91 Å². The molecule has 4 heteroatoms. The number of hydrogen-bond acceptors (Lipinski definition) is 3. The van der Waals surface area contributed by atoms with Crippen LogP contribution < -0.4 is 5.32 Å². The number of carbonyl (C=O) groups is 1. The van der Waals surface area contributed by atoms with Crippen LogP contribution in [0, 0.1) is 17.2 Å². The summed E-state index contributed by atoms with van der Waals surface area (Å²) in [6, 6.07) is 2.36. The Bertz CT molecular complexity index is 307. The van der Waals surface area contributed by atoms with E-state index in [2.05, 4.69) is 11.4 Å². The van der Waals surface area contributed by atoms with Crippen LogP contribution in [-0.4, -0.2) is 36.0 Å². The zero-order valence-corrected chi connectivity index (χ0v) is 11.8. The number of rotatable bonds is 5. The number of nitrogens with zero attached hydrogens (tertiary/aromatic N) is 2. The molecule has 0 aromatic carbocycles. The molecular formula is C14H25N3O. The number of amides is 1. The lowest BCUT2D eigenvalue weighted by Crippen LogP contribution is -2.50. The van der Waals surface area contributed by atoms with E-state index in [4.69, 9.17) is 5.26 Å². The molecule has 1 saturated carbocycles. The van der Waals surface area contributed by atoms with E-state index in [1.54, 1.807) is 0 Å². The summed E-state index contributed by atoms with van der Waals surface area (Å²) in [6.45, 7) is 7.38. The summed E-state index contributed by atoms with van der Waals surface area (Å²) in [5.41, 5.74) is 0. The second kappa shape index (κ2) is 7.38. The second-order valence-electron chi connectivity index (χ2n) is 5.03. The molecular weight excluding hydrogens is 226 g/mol. The molecule has 1 fully saturated rings. The monoisotopic (exact) mass is 251 g/mol. The molecule has 0 spiro atoms.